The van der Waals surface area contributed by atoms with Crippen LogP contribution in [0.2, 0.25) is 0 Å². The van der Waals surface area contributed by atoms with E-state index in [4.69, 9.17) is 4.74 Å². The fraction of sp³-hybridized carbons (Fsp3) is 0.923. The molecule has 2 aliphatic rings. The lowest BCUT2D eigenvalue weighted by Crippen LogP contribution is -2.50. The number of amides is 1. The van der Waals surface area contributed by atoms with Crippen molar-refractivity contribution in [2.45, 2.75) is 25.0 Å². The molecular weight excluding hydrogens is 246 g/mol. The van der Waals surface area contributed by atoms with Gasteiger partial charge in [0, 0.05) is 45.8 Å². The third kappa shape index (κ3) is 4.72. The van der Waals surface area contributed by atoms with E-state index in [9.17, 15) is 9.90 Å². The lowest BCUT2D eigenvalue weighted by molar-refractivity contribution is -0.124. The van der Waals surface area contributed by atoms with Gasteiger partial charge in [0.2, 0.25) is 5.91 Å². The SMILES string of the molecule is CN1CCN(CCC(=O)N[C@@H]2CCOC[C@H]2O)CC1. The third-order valence-corrected chi connectivity index (χ3v) is 3.92. The topological polar surface area (TPSA) is 65.0 Å². The fourth-order valence-electron chi connectivity index (χ4n) is 2.50. The van der Waals surface area contributed by atoms with E-state index in [2.05, 4.69) is 22.2 Å². The van der Waals surface area contributed by atoms with Crippen molar-refractivity contribution in [2.24, 2.45) is 0 Å². The molecule has 2 aliphatic heterocycles. The second kappa shape index (κ2) is 7.19. The highest BCUT2D eigenvalue weighted by molar-refractivity contribution is 5.76. The van der Waals surface area contributed by atoms with Crippen LogP contribution in [0, 0.1) is 0 Å². The fourth-order valence-corrected chi connectivity index (χ4v) is 2.50. The Bertz CT molecular complexity index is 293. The zero-order chi connectivity index (χ0) is 13.7. The monoisotopic (exact) mass is 271 g/mol. The lowest BCUT2D eigenvalue weighted by atomic mass is 10.1. The van der Waals surface area contributed by atoms with E-state index in [0.717, 1.165) is 32.7 Å². The Morgan fingerprint density at radius 1 is 1.37 bits per heavy atom. The van der Waals surface area contributed by atoms with Gasteiger partial charge in [-0.2, -0.15) is 0 Å². The second-order valence-corrected chi connectivity index (χ2v) is 5.50. The van der Waals surface area contributed by atoms with E-state index in [1.165, 1.54) is 0 Å². The Labute approximate surface area is 114 Å². The van der Waals surface area contributed by atoms with Crippen LogP contribution in [0.5, 0.6) is 0 Å². The van der Waals surface area contributed by atoms with Crippen LogP contribution in [0.25, 0.3) is 0 Å². The van der Waals surface area contributed by atoms with Crippen LogP contribution in [0.1, 0.15) is 12.8 Å². The molecule has 0 bridgehead atoms. The zero-order valence-electron chi connectivity index (χ0n) is 11.7. The van der Waals surface area contributed by atoms with E-state index in [-0.39, 0.29) is 11.9 Å². The molecular formula is C13H25N3O3. The number of aliphatic hydroxyl groups excluding tert-OH is 1. The molecule has 19 heavy (non-hydrogen) atoms. The quantitative estimate of drug-likeness (QED) is 0.679. The third-order valence-electron chi connectivity index (χ3n) is 3.92. The highest BCUT2D eigenvalue weighted by Gasteiger charge is 2.25. The molecule has 6 heteroatoms. The van der Waals surface area contributed by atoms with E-state index in [1.807, 2.05) is 0 Å². The Morgan fingerprint density at radius 2 is 2.11 bits per heavy atom. The predicted molar refractivity (Wildman–Crippen MR) is 71.9 cm³/mol. The molecule has 2 heterocycles. The van der Waals surface area contributed by atoms with Gasteiger partial charge in [-0.05, 0) is 13.5 Å². The molecule has 2 saturated heterocycles. The van der Waals surface area contributed by atoms with Crippen LogP contribution in [0.4, 0.5) is 0 Å². The van der Waals surface area contributed by atoms with Gasteiger partial charge in [-0.15, -0.1) is 0 Å². The van der Waals surface area contributed by atoms with Crippen molar-refractivity contribution in [3.63, 3.8) is 0 Å². The van der Waals surface area contributed by atoms with Gasteiger partial charge in [0.1, 0.15) is 0 Å². The smallest absolute Gasteiger partial charge is 0.221 e. The minimum atomic E-state index is -0.568. The van der Waals surface area contributed by atoms with Gasteiger partial charge in [0.05, 0.1) is 18.8 Å². The van der Waals surface area contributed by atoms with E-state index >= 15 is 0 Å². The number of piperazine rings is 1. The molecule has 0 saturated carbocycles. The summed E-state index contributed by atoms with van der Waals surface area (Å²) in [7, 11) is 2.12. The van der Waals surface area contributed by atoms with Crippen LogP contribution in [0.3, 0.4) is 0 Å². The van der Waals surface area contributed by atoms with Gasteiger partial charge >= 0.3 is 0 Å². The number of hydrogen-bond donors (Lipinski definition) is 2. The molecule has 0 unspecified atom stereocenters. The molecule has 0 radical (unpaired) electrons. The van der Waals surface area contributed by atoms with Crippen LogP contribution >= 0.6 is 0 Å². The average molecular weight is 271 g/mol. The zero-order valence-corrected chi connectivity index (χ0v) is 11.7. The van der Waals surface area contributed by atoms with Crippen LogP contribution in [0.15, 0.2) is 0 Å². The van der Waals surface area contributed by atoms with Crippen molar-refractivity contribution in [1.82, 2.24) is 15.1 Å². The summed E-state index contributed by atoms with van der Waals surface area (Å²) in [5.74, 6) is 0.0323. The van der Waals surface area contributed by atoms with Gasteiger partial charge in [0.15, 0.2) is 0 Å². The van der Waals surface area contributed by atoms with E-state index in [0.29, 0.717) is 26.1 Å². The number of rotatable bonds is 4. The number of aliphatic hydroxyl groups is 1. The van der Waals surface area contributed by atoms with Crippen molar-refractivity contribution in [1.29, 1.82) is 0 Å². The number of likely N-dealkylation sites (N-methyl/N-ethyl adjacent to an activating group) is 1. The number of hydrogen-bond acceptors (Lipinski definition) is 5. The first-order valence-corrected chi connectivity index (χ1v) is 7.11. The first-order valence-electron chi connectivity index (χ1n) is 7.11. The van der Waals surface area contributed by atoms with Crippen LogP contribution < -0.4 is 5.32 Å². The van der Waals surface area contributed by atoms with Gasteiger partial charge in [-0.3, -0.25) is 4.79 Å². The van der Waals surface area contributed by atoms with E-state index in [1.54, 1.807) is 0 Å². The van der Waals surface area contributed by atoms with Crippen molar-refractivity contribution >= 4 is 5.91 Å². The van der Waals surface area contributed by atoms with Crippen LogP contribution in [-0.4, -0.2) is 85.9 Å². The molecule has 0 spiro atoms. The second-order valence-electron chi connectivity index (χ2n) is 5.50. The van der Waals surface area contributed by atoms with Crippen molar-refractivity contribution in [2.75, 3.05) is 53.0 Å². The Hall–Kier alpha value is -0.690. The normalized spacial score (nSPS) is 30.2. The van der Waals surface area contributed by atoms with E-state index < -0.39 is 6.10 Å². The molecule has 0 aromatic rings. The number of carbonyl (C=O) groups is 1. The molecule has 2 rings (SSSR count). The summed E-state index contributed by atoms with van der Waals surface area (Å²) in [5, 5.41) is 12.6. The Kier molecular flexibility index (Phi) is 5.57. The Balaban J connectivity index is 1.64. The van der Waals surface area contributed by atoms with Gasteiger partial charge < -0.3 is 25.0 Å². The minimum absolute atomic E-state index is 0.0323. The highest BCUT2D eigenvalue weighted by atomic mass is 16.5. The average Bonchev–Trinajstić information content (AvgIpc) is 2.41. The highest BCUT2D eigenvalue weighted by Crippen LogP contribution is 2.08. The Morgan fingerprint density at radius 3 is 2.79 bits per heavy atom. The molecule has 110 valence electrons. The maximum atomic E-state index is 11.9. The lowest BCUT2D eigenvalue weighted by Gasteiger charge is -2.32. The largest absolute Gasteiger partial charge is 0.389 e. The number of carbonyl (C=O) groups excluding carboxylic acids is 1. The number of nitrogens with one attached hydrogen (secondary N) is 1. The van der Waals surface area contributed by atoms with Gasteiger partial charge in [0.25, 0.3) is 0 Å². The summed E-state index contributed by atoms with van der Waals surface area (Å²) in [5.41, 5.74) is 0. The maximum absolute atomic E-state index is 11.9. The first kappa shape index (κ1) is 14.7. The molecule has 2 fully saturated rings. The molecule has 2 atom stereocenters. The summed E-state index contributed by atoms with van der Waals surface area (Å²) in [6.45, 7) is 5.94. The van der Waals surface area contributed by atoms with Crippen LogP contribution in [-0.2, 0) is 9.53 Å². The van der Waals surface area contributed by atoms with Crippen molar-refractivity contribution < 1.29 is 14.6 Å². The summed E-state index contributed by atoms with van der Waals surface area (Å²) in [6.07, 6.45) is 0.635. The summed E-state index contributed by atoms with van der Waals surface area (Å²) < 4.78 is 5.14. The molecule has 0 aliphatic carbocycles. The number of nitrogens with zero attached hydrogens (tertiary/aromatic N) is 2. The minimum Gasteiger partial charge on any atom is -0.389 e. The maximum Gasteiger partial charge on any atom is 0.221 e. The summed E-state index contributed by atoms with van der Waals surface area (Å²) in [4.78, 5) is 16.5. The van der Waals surface area contributed by atoms with Crippen molar-refractivity contribution in [3.05, 3.63) is 0 Å². The predicted octanol–water partition coefficient (Wildman–Crippen LogP) is -1.11. The molecule has 0 aromatic heterocycles. The first-order chi connectivity index (χ1) is 9.15. The standard InChI is InChI=1S/C13H25N3O3/c1-15-5-7-16(8-6-15)4-2-13(18)14-11-3-9-19-10-12(11)17/h11-12,17H,2-10H2,1H3,(H,14,18)/t11-,12-/m1/s1. The molecule has 6 nitrogen and oxygen atoms in total. The van der Waals surface area contributed by atoms with Gasteiger partial charge in [-0.25, -0.2) is 0 Å². The molecule has 1 amide bonds. The number of ether oxygens (including phenoxy) is 1. The van der Waals surface area contributed by atoms with Gasteiger partial charge in [-0.1, -0.05) is 0 Å². The molecule has 2 N–H and O–H groups in total. The summed E-state index contributed by atoms with van der Waals surface area (Å²) in [6, 6.07) is -0.145. The summed E-state index contributed by atoms with van der Waals surface area (Å²) >= 11 is 0. The van der Waals surface area contributed by atoms with Crippen molar-refractivity contribution in [3.8, 4) is 0 Å². The molecule has 0 aromatic carbocycles.